The molecule has 1 fully saturated rings. The van der Waals surface area contributed by atoms with Gasteiger partial charge in [0, 0.05) is 6.54 Å². The minimum atomic E-state index is -0.330. The first-order valence-corrected chi connectivity index (χ1v) is 4.47. The van der Waals surface area contributed by atoms with Gasteiger partial charge in [0.15, 0.2) is 0 Å². The van der Waals surface area contributed by atoms with E-state index in [1.807, 2.05) is 0 Å². The molecule has 2 atom stereocenters. The van der Waals surface area contributed by atoms with Crippen LogP contribution in [0.4, 0.5) is 4.79 Å². The second-order valence-corrected chi connectivity index (χ2v) is 3.35. The molecular weight excluding hydrogens is 172 g/mol. The van der Waals surface area contributed by atoms with Crippen molar-refractivity contribution in [2.75, 3.05) is 13.7 Å². The normalized spacial score (nSPS) is 27.2. The number of hydrogen-bond donors (Lipinski definition) is 3. The lowest BCUT2D eigenvalue weighted by molar-refractivity contribution is 0.107. The standard InChI is InChI=1S/C8H16N2O3/c1-13-10-8(12)9-5-6-2-3-7(11)4-6/h6-7,11H,2-5H2,1H3,(H2,9,10,12). The van der Waals surface area contributed by atoms with Crippen molar-refractivity contribution in [3.63, 3.8) is 0 Å². The molecule has 0 aliphatic heterocycles. The molecule has 5 heteroatoms. The van der Waals surface area contributed by atoms with Gasteiger partial charge in [-0.05, 0) is 25.2 Å². The molecule has 0 radical (unpaired) electrons. The number of amides is 2. The van der Waals surface area contributed by atoms with Crippen LogP contribution in [0.5, 0.6) is 0 Å². The Morgan fingerprint density at radius 2 is 2.38 bits per heavy atom. The van der Waals surface area contributed by atoms with Crippen LogP contribution in [0.15, 0.2) is 0 Å². The van der Waals surface area contributed by atoms with Crippen molar-refractivity contribution in [1.82, 2.24) is 10.8 Å². The monoisotopic (exact) mass is 188 g/mol. The second-order valence-electron chi connectivity index (χ2n) is 3.35. The molecular formula is C8H16N2O3. The number of aliphatic hydroxyl groups is 1. The van der Waals surface area contributed by atoms with E-state index in [0.29, 0.717) is 12.5 Å². The molecule has 13 heavy (non-hydrogen) atoms. The highest BCUT2D eigenvalue weighted by atomic mass is 16.6. The summed E-state index contributed by atoms with van der Waals surface area (Å²) in [5.74, 6) is 0.401. The third-order valence-electron chi connectivity index (χ3n) is 2.26. The maximum absolute atomic E-state index is 10.9. The van der Waals surface area contributed by atoms with Crippen molar-refractivity contribution in [3.05, 3.63) is 0 Å². The van der Waals surface area contributed by atoms with E-state index in [1.54, 1.807) is 0 Å². The fraction of sp³-hybridized carbons (Fsp3) is 0.875. The maximum atomic E-state index is 10.9. The molecule has 76 valence electrons. The van der Waals surface area contributed by atoms with E-state index in [0.717, 1.165) is 19.3 Å². The highest BCUT2D eigenvalue weighted by molar-refractivity contribution is 5.72. The molecule has 0 heterocycles. The zero-order valence-corrected chi connectivity index (χ0v) is 7.75. The Labute approximate surface area is 77.4 Å². The highest BCUT2D eigenvalue weighted by Gasteiger charge is 2.22. The van der Waals surface area contributed by atoms with Crippen molar-refractivity contribution in [2.24, 2.45) is 5.92 Å². The molecule has 3 N–H and O–H groups in total. The highest BCUT2D eigenvalue weighted by Crippen LogP contribution is 2.24. The van der Waals surface area contributed by atoms with Crippen LogP contribution in [-0.4, -0.2) is 30.9 Å². The number of urea groups is 1. The molecule has 0 aromatic rings. The summed E-state index contributed by atoms with van der Waals surface area (Å²) in [6, 6.07) is -0.330. The lowest BCUT2D eigenvalue weighted by atomic mass is 10.1. The first-order chi connectivity index (χ1) is 6.22. The van der Waals surface area contributed by atoms with Gasteiger partial charge in [0.1, 0.15) is 0 Å². The molecule has 0 spiro atoms. The summed E-state index contributed by atoms with van der Waals surface area (Å²) < 4.78 is 0. The summed E-state index contributed by atoms with van der Waals surface area (Å²) in [6.07, 6.45) is 2.43. The van der Waals surface area contributed by atoms with Crippen LogP contribution in [-0.2, 0) is 4.84 Å². The molecule has 1 aliphatic rings. The third kappa shape index (κ3) is 3.61. The predicted octanol–water partition coefficient (Wildman–Crippen LogP) is 0.00800. The van der Waals surface area contributed by atoms with Gasteiger partial charge in [-0.25, -0.2) is 10.3 Å². The van der Waals surface area contributed by atoms with Crippen molar-refractivity contribution in [1.29, 1.82) is 0 Å². The zero-order valence-electron chi connectivity index (χ0n) is 7.75. The molecule has 1 saturated carbocycles. The molecule has 2 amide bonds. The average Bonchev–Trinajstić information content (AvgIpc) is 2.49. The molecule has 0 aromatic carbocycles. The van der Waals surface area contributed by atoms with Crippen LogP contribution in [0.1, 0.15) is 19.3 Å². The molecule has 2 unspecified atom stereocenters. The predicted molar refractivity (Wildman–Crippen MR) is 46.9 cm³/mol. The molecule has 1 rings (SSSR count). The Balaban J connectivity index is 2.09. The summed E-state index contributed by atoms with van der Waals surface area (Å²) >= 11 is 0. The van der Waals surface area contributed by atoms with Crippen LogP contribution < -0.4 is 10.8 Å². The number of nitrogens with one attached hydrogen (secondary N) is 2. The average molecular weight is 188 g/mol. The maximum Gasteiger partial charge on any atom is 0.338 e. The van der Waals surface area contributed by atoms with Gasteiger partial charge >= 0.3 is 6.03 Å². The first-order valence-electron chi connectivity index (χ1n) is 4.47. The summed E-state index contributed by atoms with van der Waals surface area (Å²) in [4.78, 5) is 15.3. The number of hydroxylamine groups is 1. The van der Waals surface area contributed by atoms with E-state index >= 15 is 0 Å². The minimum absolute atomic E-state index is 0.183. The zero-order chi connectivity index (χ0) is 9.68. The van der Waals surface area contributed by atoms with E-state index in [1.165, 1.54) is 7.11 Å². The van der Waals surface area contributed by atoms with Gasteiger partial charge in [-0.2, -0.15) is 0 Å². The lowest BCUT2D eigenvalue weighted by Gasteiger charge is -2.10. The van der Waals surface area contributed by atoms with Crippen molar-refractivity contribution in [2.45, 2.75) is 25.4 Å². The van der Waals surface area contributed by atoms with E-state index in [-0.39, 0.29) is 12.1 Å². The Morgan fingerprint density at radius 1 is 1.62 bits per heavy atom. The molecule has 0 saturated heterocycles. The largest absolute Gasteiger partial charge is 0.393 e. The molecule has 1 aliphatic carbocycles. The van der Waals surface area contributed by atoms with Gasteiger partial charge in [0.2, 0.25) is 0 Å². The number of carbonyl (C=O) groups excluding carboxylic acids is 1. The van der Waals surface area contributed by atoms with E-state index < -0.39 is 0 Å². The quantitative estimate of drug-likeness (QED) is 0.546. The van der Waals surface area contributed by atoms with Crippen LogP contribution >= 0.6 is 0 Å². The van der Waals surface area contributed by atoms with E-state index in [2.05, 4.69) is 15.6 Å². The van der Waals surface area contributed by atoms with Gasteiger partial charge in [0.05, 0.1) is 13.2 Å². The molecule has 0 aromatic heterocycles. The Bertz CT molecular complexity index is 175. The van der Waals surface area contributed by atoms with Crippen molar-refractivity contribution in [3.8, 4) is 0 Å². The smallest absolute Gasteiger partial charge is 0.338 e. The Kier molecular flexibility index (Phi) is 3.98. The summed E-state index contributed by atoms with van der Waals surface area (Å²) in [5, 5.41) is 11.9. The topological polar surface area (TPSA) is 70.6 Å². The molecule has 5 nitrogen and oxygen atoms in total. The van der Waals surface area contributed by atoms with Gasteiger partial charge in [-0.3, -0.25) is 4.84 Å². The molecule has 0 bridgehead atoms. The Morgan fingerprint density at radius 3 is 2.92 bits per heavy atom. The lowest BCUT2D eigenvalue weighted by Crippen LogP contribution is -2.37. The summed E-state index contributed by atoms with van der Waals surface area (Å²) in [6.45, 7) is 0.603. The summed E-state index contributed by atoms with van der Waals surface area (Å²) in [5.41, 5.74) is 2.17. The van der Waals surface area contributed by atoms with Gasteiger partial charge in [0.25, 0.3) is 0 Å². The third-order valence-corrected chi connectivity index (χ3v) is 2.26. The van der Waals surface area contributed by atoms with Gasteiger partial charge in [-0.1, -0.05) is 0 Å². The number of rotatable bonds is 3. The van der Waals surface area contributed by atoms with Crippen LogP contribution in [0.2, 0.25) is 0 Å². The SMILES string of the molecule is CONC(=O)NCC1CCC(O)C1. The Hall–Kier alpha value is -0.810. The number of hydrogen-bond acceptors (Lipinski definition) is 3. The number of aliphatic hydroxyl groups excluding tert-OH is 1. The number of carbonyl (C=O) groups is 1. The van der Waals surface area contributed by atoms with Gasteiger partial charge in [-0.15, -0.1) is 0 Å². The van der Waals surface area contributed by atoms with Crippen LogP contribution in [0.3, 0.4) is 0 Å². The van der Waals surface area contributed by atoms with Crippen LogP contribution in [0, 0.1) is 5.92 Å². The minimum Gasteiger partial charge on any atom is -0.393 e. The first kappa shape index (κ1) is 10.3. The second kappa shape index (κ2) is 5.04. The fourth-order valence-corrected chi connectivity index (χ4v) is 1.60. The van der Waals surface area contributed by atoms with Crippen molar-refractivity contribution >= 4 is 6.03 Å². The summed E-state index contributed by atoms with van der Waals surface area (Å²) in [7, 11) is 1.39. The van der Waals surface area contributed by atoms with Gasteiger partial charge < -0.3 is 10.4 Å². The van der Waals surface area contributed by atoms with Crippen LogP contribution in [0.25, 0.3) is 0 Å². The fourth-order valence-electron chi connectivity index (χ4n) is 1.60. The van der Waals surface area contributed by atoms with E-state index in [9.17, 15) is 9.90 Å². The van der Waals surface area contributed by atoms with Crippen molar-refractivity contribution < 1.29 is 14.7 Å². The van der Waals surface area contributed by atoms with E-state index in [4.69, 9.17) is 0 Å².